The van der Waals surface area contributed by atoms with Crippen LogP contribution in [0.3, 0.4) is 0 Å². The van der Waals surface area contributed by atoms with Crippen LogP contribution in [-0.4, -0.2) is 15.9 Å². The molecule has 0 bridgehead atoms. The van der Waals surface area contributed by atoms with E-state index in [4.69, 9.17) is 4.74 Å². The van der Waals surface area contributed by atoms with Crippen LogP contribution in [0.5, 0.6) is 5.75 Å². The number of allylic oxidation sites excluding steroid dienone is 1. The fraction of sp³-hybridized carbons (Fsp3) is 0.533. The van der Waals surface area contributed by atoms with Crippen LogP contribution in [0.25, 0.3) is 17.2 Å². The third-order valence-electron chi connectivity index (χ3n) is 6.72. The van der Waals surface area contributed by atoms with E-state index in [9.17, 15) is 0 Å². The molecule has 2 aromatic rings. The van der Waals surface area contributed by atoms with E-state index in [1.165, 1.54) is 47.1 Å². The number of unbranched alkanes of at least 4 members (excludes halogenated alkanes) is 1. The summed E-state index contributed by atoms with van der Waals surface area (Å²) < 4.78 is 5.89. The minimum atomic E-state index is -0.468. The Morgan fingerprint density at radius 1 is 0.875 bits per heavy atom. The summed E-state index contributed by atoms with van der Waals surface area (Å²) in [6, 6.07) is 11.5. The Labute approximate surface area is 198 Å². The molecule has 0 spiro atoms. The number of hydrogen-bond donors (Lipinski definition) is 0. The zero-order chi connectivity index (χ0) is 23.8. The van der Waals surface area contributed by atoms with Crippen LogP contribution in [-0.2, 0) is 10.8 Å². The van der Waals surface area contributed by atoms with Crippen molar-refractivity contribution in [1.29, 1.82) is 0 Å². The molecule has 0 fully saturated rings. The number of hydrogen-bond acceptors (Lipinski definition) is 1. The van der Waals surface area contributed by atoms with Gasteiger partial charge in [0.1, 0.15) is 5.75 Å². The molecule has 0 amide bonds. The first-order chi connectivity index (χ1) is 14.9. The van der Waals surface area contributed by atoms with Crippen molar-refractivity contribution in [2.45, 2.75) is 97.2 Å². The summed E-state index contributed by atoms with van der Waals surface area (Å²) in [5, 5.41) is 0. The van der Waals surface area contributed by atoms with Crippen molar-refractivity contribution in [3.8, 4) is 16.9 Å². The summed E-state index contributed by atoms with van der Waals surface area (Å²) in [7, 11) is 1.33. The van der Waals surface area contributed by atoms with Gasteiger partial charge in [-0.05, 0) is 63.1 Å². The van der Waals surface area contributed by atoms with Gasteiger partial charge >= 0.3 is 0 Å². The summed E-state index contributed by atoms with van der Waals surface area (Å²) in [6.45, 7) is 21.2. The molecular weight excluding hydrogens is 404 g/mol. The van der Waals surface area contributed by atoms with E-state index in [1.807, 2.05) is 0 Å². The highest BCUT2D eigenvalue weighted by Gasteiger charge is 2.34. The van der Waals surface area contributed by atoms with E-state index in [0.717, 1.165) is 5.75 Å². The molecule has 0 saturated carbocycles. The van der Waals surface area contributed by atoms with Gasteiger partial charge in [-0.1, -0.05) is 104 Å². The fourth-order valence-electron chi connectivity index (χ4n) is 5.48. The number of rotatable bonds is 6. The Bertz CT molecular complexity index is 999. The minimum absolute atomic E-state index is 0.00438. The van der Waals surface area contributed by atoms with E-state index in [0.29, 0.717) is 5.54 Å². The highest BCUT2D eigenvalue weighted by Crippen LogP contribution is 2.49. The Morgan fingerprint density at radius 3 is 2.06 bits per heavy atom. The Kier molecular flexibility index (Phi) is 7.15. The van der Waals surface area contributed by atoms with Crippen molar-refractivity contribution < 1.29 is 4.74 Å². The molecule has 173 valence electrons. The van der Waals surface area contributed by atoms with Gasteiger partial charge in [0, 0.05) is 5.56 Å². The third kappa shape index (κ3) is 4.62. The van der Waals surface area contributed by atoms with Crippen LogP contribution in [0.1, 0.15) is 95.5 Å². The predicted molar refractivity (Wildman–Crippen MR) is 144 cm³/mol. The number of benzene rings is 2. The molecule has 0 heterocycles. The lowest BCUT2D eigenvalue weighted by atomic mass is 9.71. The zero-order valence-electron chi connectivity index (χ0n) is 22.1. The zero-order valence-corrected chi connectivity index (χ0v) is 23.1. The van der Waals surface area contributed by atoms with Gasteiger partial charge in [-0.25, -0.2) is 0 Å². The second-order valence-electron chi connectivity index (χ2n) is 11.7. The van der Waals surface area contributed by atoms with Crippen molar-refractivity contribution in [2.24, 2.45) is 0 Å². The molecule has 0 aromatic heterocycles. The molecule has 2 aromatic carbocycles. The van der Waals surface area contributed by atoms with Crippen LogP contribution in [0, 0.1) is 0 Å². The topological polar surface area (TPSA) is 9.23 Å². The molecule has 0 aliphatic heterocycles. The normalized spacial score (nSPS) is 16.3. The van der Waals surface area contributed by atoms with Gasteiger partial charge in [-0.15, -0.1) is 0 Å². The summed E-state index contributed by atoms with van der Waals surface area (Å²) in [6.07, 6.45) is 6.32. The number of methoxy groups -OCH3 is 1. The van der Waals surface area contributed by atoms with E-state index < -0.39 is 8.80 Å². The SMILES string of the molecule is CCCCC1=Cc2c(-c3ccc(OC)c(C(C)(C)C)c3C(C)(C)C)cccc2C1[Si](C)C. The molecule has 1 aliphatic carbocycles. The smallest absolute Gasteiger partial charge is 0.122 e. The van der Waals surface area contributed by atoms with Crippen molar-refractivity contribution in [1.82, 2.24) is 0 Å². The second-order valence-corrected chi connectivity index (χ2v) is 14.4. The van der Waals surface area contributed by atoms with Gasteiger partial charge in [0.2, 0.25) is 0 Å². The van der Waals surface area contributed by atoms with E-state index in [1.54, 1.807) is 18.2 Å². The first-order valence-corrected chi connectivity index (χ1v) is 14.8. The summed E-state index contributed by atoms with van der Waals surface area (Å²) >= 11 is 0. The van der Waals surface area contributed by atoms with Crippen LogP contribution in [0.2, 0.25) is 13.1 Å². The van der Waals surface area contributed by atoms with E-state index >= 15 is 0 Å². The van der Waals surface area contributed by atoms with Crippen molar-refractivity contribution in [3.63, 3.8) is 0 Å². The highest BCUT2D eigenvalue weighted by atomic mass is 28.3. The Morgan fingerprint density at radius 2 is 1.53 bits per heavy atom. The van der Waals surface area contributed by atoms with Gasteiger partial charge in [-0.2, -0.15) is 0 Å². The van der Waals surface area contributed by atoms with Gasteiger partial charge in [0.05, 0.1) is 15.9 Å². The fourth-order valence-corrected chi connectivity index (χ4v) is 7.32. The average molecular weight is 448 g/mol. The molecule has 32 heavy (non-hydrogen) atoms. The predicted octanol–water partition coefficient (Wildman–Crippen LogP) is 8.92. The first-order valence-electron chi connectivity index (χ1n) is 12.3. The number of ether oxygens (including phenoxy) is 1. The maximum Gasteiger partial charge on any atom is 0.122 e. The largest absolute Gasteiger partial charge is 0.496 e. The van der Waals surface area contributed by atoms with Gasteiger partial charge in [0.25, 0.3) is 0 Å². The molecule has 1 nitrogen and oxygen atoms in total. The van der Waals surface area contributed by atoms with Gasteiger partial charge < -0.3 is 4.74 Å². The number of fused-ring (bicyclic) bond motifs is 1. The van der Waals surface area contributed by atoms with E-state index in [2.05, 4.69) is 98.0 Å². The Hall–Kier alpha value is -1.80. The van der Waals surface area contributed by atoms with Crippen LogP contribution < -0.4 is 4.74 Å². The molecule has 0 saturated heterocycles. The molecule has 1 unspecified atom stereocenters. The minimum Gasteiger partial charge on any atom is -0.496 e. The third-order valence-corrected chi connectivity index (χ3v) is 8.56. The standard InChI is InChI=1S/C30H43OSi/c1-11-12-14-20-19-24-21(15-13-16-23(24)28(20)32(9)10)22-17-18-25(31-8)27(30(5,6)7)26(22)29(2,3)4/h13,15-19,28H,11-12,14H2,1-10H3. The maximum absolute atomic E-state index is 5.89. The monoisotopic (exact) mass is 447 g/mol. The summed E-state index contributed by atoms with van der Waals surface area (Å²) in [5.74, 6) is 1.00. The van der Waals surface area contributed by atoms with Crippen molar-refractivity contribution in [3.05, 3.63) is 58.2 Å². The van der Waals surface area contributed by atoms with Gasteiger partial charge in [-0.3, -0.25) is 0 Å². The molecule has 1 aliphatic rings. The molecular formula is C30H43OSi. The lowest BCUT2D eigenvalue weighted by Crippen LogP contribution is -2.24. The van der Waals surface area contributed by atoms with Gasteiger partial charge in [0.15, 0.2) is 0 Å². The lowest BCUT2D eigenvalue weighted by Gasteiger charge is -2.34. The van der Waals surface area contributed by atoms with Crippen LogP contribution in [0.15, 0.2) is 35.9 Å². The van der Waals surface area contributed by atoms with E-state index in [-0.39, 0.29) is 10.8 Å². The Balaban J connectivity index is 2.33. The molecule has 1 atom stereocenters. The maximum atomic E-state index is 5.89. The summed E-state index contributed by atoms with van der Waals surface area (Å²) in [5.41, 5.74) is 10.8. The molecule has 3 rings (SSSR count). The molecule has 0 N–H and O–H groups in total. The van der Waals surface area contributed by atoms with Crippen LogP contribution >= 0.6 is 0 Å². The lowest BCUT2D eigenvalue weighted by molar-refractivity contribution is 0.392. The quantitative estimate of drug-likeness (QED) is 0.402. The summed E-state index contributed by atoms with van der Waals surface area (Å²) in [4.78, 5) is 0. The van der Waals surface area contributed by atoms with Crippen LogP contribution in [0.4, 0.5) is 0 Å². The van der Waals surface area contributed by atoms with Crippen molar-refractivity contribution >= 4 is 14.9 Å². The molecule has 2 heteroatoms. The highest BCUT2D eigenvalue weighted by molar-refractivity contribution is 6.58. The second kappa shape index (κ2) is 9.21. The first kappa shape index (κ1) is 24.8. The molecule has 1 radical (unpaired) electrons. The average Bonchev–Trinajstić information content (AvgIpc) is 3.08. The van der Waals surface area contributed by atoms with Crippen molar-refractivity contribution in [2.75, 3.05) is 7.11 Å².